The van der Waals surface area contributed by atoms with Crippen LogP contribution in [0.5, 0.6) is 5.75 Å². The van der Waals surface area contributed by atoms with Crippen LogP contribution in [0.2, 0.25) is 0 Å². The summed E-state index contributed by atoms with van der Waals surface area (Å²) in [6.45, 7) is 3.46. The molecule has 1 aliphatic carbocycles. The molecular weight excluding hydrogens is 512 g/mol. The van der Waals surface area contributed by atoms with Crippen LogP contribution in [0.15, 0.2) is 58.1 Å². The van der Waals surface area contributed by atoms with E-state index in [1.807, 2.05) is 0 Å². The molecule has 0 saturated heterocycles. The van der Waals surface area contributed by atoms with Crippen molar-refractivity contribution in [1.29, 1.82) is 0 Å². The van der Waals surface area contributed by atoms with Gasteiger partial charge in [0.15, 0.2) is 0 Å². The number of benzene rings is 2. The van der Waals surface area contributed by atoms with Gasteiger partial charge in [0.2, 0.25) is 10.0 Å². The smallest absolute Gasteiger partial charge is 0.294 e. The first-order valence-electron chi connectivity index (χ1n) is 12.1. The first kappa shape index (κ1) is 25.5. The maximum atomic E-state index is 13.5. The molecule has 13 heteroatoms. The van der Waals surface area contributed by atoms with E-state index in [1.54, 1.807) is 50.2 Å². The maximum absolute atomic E-state index is 13.5. The summed E-state index contributed by atoms with van der Waals surface area (Å²) in [7, 11) is -3.91. The largest absolute Gasteiger partial charge is 0.486 e. The second-order valence-corrected chi connectivity index (χ2v) is 10.8. The van der Waals surface area contributed by atoms with Gasteiger partial charge in [-0.25, -0.2) is 17.8 Å². The normalized spacial score (nSPS) is 14.2. The zero-order chi connectivity index (χ0) is 26.9. The van der Waals surface area contributed by atoms with Crippen molar-refractivity contribution in [2.75, 3.05) is 0 Å². The Morgan fingerprint density at radius 2 is 1.95 bits per heavy atom. The topological polar surface area (TPSA) is 155 Å². The van der Waals surface area contributed by atoms with E-state index in [4.69, 9.17) is 9.26 Å². The SMILES string of the molecule is Cc1noc(C)c1-c1ccc(OCc2cn(-c3ccccc3[N+](=O)[O-])nn2)c(S(=O)(=O)NC2CCCC2)c1. The number of nitrogens with zero attached hydrogens (tertiary/aromatic N) is 5. The van der Waals surface area contributed by atoms with Crippen LogP contribution in [0, 0.1) is 24.0 Å². The molecule has 2 aromatic heterocycles. The zero-order valence-corrected chi connectivity index (χ0v) is 21.6. The van der Waals surface area contributed by atoms with Crippen molar-refractivity contribution in [1.82, 2.24) is 24.9 Å². The highest BCUT2D eigenvalue weighted by molar-refractivity contribution is 7.89. The van der Waals surface area contributed by atoms with Gasteiger partial charge in [0.05, 0.1) is 16.8 Å². The van der Waals surface area contributed by atoms with E-state index >= 15 is 0 Å². The molecule has 2 heterocycles. The fourth-order valence-electron chi connectivity index (χ4n) is 4.66. The van der Waals surface area contributed by atoms with E-state index in [9.17, 15) is 18.5 Å². The molecule has 0 unspecified atom stereocenters. The molecule has 0 aliphatic heterocycles. The monoisotopic (exact) mass is 538 g/mol. The molecule has 2 aromatic carbocycles. The third-order valence-electron chi connectivity index (χ3n) is 6.47. The van der Waals surface area contributed by atoms with Crippen molar-refractivity contribution in [3.05, 3.63) is 75.9 Å². The number of nitrogens with one attached hydrogen (secondary N) is 1. The van der Waals surface area contributed by atoms with Crippen molar-refractivity contribution in [2.45, 2.75) is 57.1 Å². The summed E-state index contributed by atoms with van der Waals surface area (Å²) in [5.74, 6) is 0.723. The molecule has 1 fully saturated rings. The van der Waals surface area contributed by atoms with Crippen molar-refractivity contribution in [3.8, 4) is 22.6 Å². The third kappa shape index (κ3) is 5.15. The number of hydrogen-bond acceptors (Lipinski definition) is 9. The standard InChI is InChI=1S/C25H26N6O6S/c1-16-25(17(2)37-27-16)18-11-12-23(24(13-18)38(34,35)28-19-7-3-4-8-19)36-15-20-14-30(29-26-20)21-9-5-6-10-22(21)31(32)33/h5-6,9-14,19,28H,3-4,7-8,15H2,1-2H3. The van der Waals surface area contributed by atoms with Gasteiger partial charge in [0, 0.05) is 17.7 Å². The number of rotatable bonds is 9. The van der Waals surface area contributed by atoms with E-state index in [-0.39, 0.29) is 34.7 Å². The number of para-hydroxylation sites is 2. The minimum absolute atomic E-state index is 0.00649. The van der Waals surface area contributed by atoms with Crippen LogP contribution in [0.25, 0.3) is 16.8 Å². The number of nitro benzene ring substituents is 1. The fourth-order valence-corrected chi connectivity index (χ4v) is 6.14. The van der Waals surface area contributed by atoms with E-state index in [2.05, 4.69) is 20.2 Å². The predicted molar refractivity (Wildman–Crippen MR) is 136 cm³/mol. The van der Waals surface area contributed by atoms with Crippen LogP contribution in [0.3, 0.4) is 0 Å². The van der Waals surface area contributed by atoms with E-state index in [1.165, 1.54) is 16.9 Å². The van der Waals surface area contributed by atoms with E-state index in [0.717, 1.165) is 31.2 Å². The van der Waals surface area contributed by atoms with Gasteiger partial charge in [-0.15, -0.1) is 5.10 Å². The first-order valence-corrected chi connectivity index (χ1v) is 13.6. The van der Waals surface area contributed by atoms with Crippen LogP contribution in [0.4, 0.5) is 5.69 Å². The number of aryl methyl sites for hydroxylation is 2. The van der Waals surface area contributed by atoms with Crippen LogP contribution in [0.1, 0.15) is 42.8 Å². The molecule has 0 amide bonds. The van der Waals surface area contributed by atoms with Crippen LogP contribution >= 0.6 is 0 Å². The average molecular weight is 539 g/mol. The highest BCUT2D eigenvalue weighted by Gasteiger charge is 2.27. The molecule has 5 rings (SSSR count). The second kappa shape index (κ2) is 10.3. The summed E-state index contributed by atoms with van der Waals surface area (Å²) in [5.41, 5.74) is 2.51. The Labute approximate surface area is 218 Å². The van der Waals surface area contributed by atoms with Crippen molar-refractivity contribution in [2.24, 2.45) is 0 Å². The molecule has 1 aliphatic rings. The Morgan fingerprint density at radius 3 is 2.66 bits per heavy atom. The summed E-state index contributed by atoms with van der Waals surface area (Å²) < 4.78 is 42.3. The fraction of sp³-hybridized carbons (Fsp3) is 0.320. The molecular formula is C25H26N6O6S. The van der Waals surface area contributed by atoms with Crippen molar-refractivity contribution < 1.29 is 22.6 Å². The van der Waals surface area contributed by atoms with Gasteiger partial charge >= 0.3 is 0 Å². The predicted octanol–water partition coefficient (Wildman–Crippen LogP) is 4.25. The first-order chi connectivity index (χ1) is 18.2. The minimum atomic E-state index is -3.91. The van der Waals surface area contributed by atoms with Gasteiger partial charge in [-0.05, 0) is 50.5 Å². The summed E-state index contributed by atoms with van der Waals surface area (Å²) in [5, 5.41) is 23.4. The van der Waals surface area contributed by atoms with Gasteiger partial charge in [-0.3, -0.25) is 10.1 Å². The Kier molecular flexibility index (Phi) is 6.95. The molecule has 198 valence electrons. The number of nitro groups is 1. The van der Waals surface area contributed by atoms with Gasteiger partial charge < -0.3 is 9.26 Å². The summed E-state index contributed by atoms with van der Waals surface area (Å²) >= 11 is 0. The van der Waals surface area contributed by atoms with Gasteiger partial charge in [-0.1, -0.05) is 41.4 Å². The Balaban J connectivity index is 1.45. The molecule has 38 heavy (non-hydrogen) atoms. The van der Waals surface area contributed by atoms with Gasteiger partial charge in [-0.2, -0.15) is 0 Å². The number of hydrogen-bond donors (Lipinski definition) is 1. The highest BCUT2D eigenvalue weighted by atomic mass is 32.2. The van der Waals surface area contributed by atoms with Crippen LogP contribution in [-0.4, -0.2) is 39.5 Å². The number of sulfonamides is 1. The molecule has 12 nitrogen and oxygen atoms in total. The van der Waals surface area contributed by atoms with Crippen LogP contribution in [-0.2, 0) is 16.6 Å². The molecule has 0 atom stereocenters. The second-order valence-electron chi connectivity index (χ2n) is 9.15. The average Bonchev–Trinajstić information content (AvgIpc) is 3.65. The van der Waals surface area contributed by atoms with Crippen molar-refractivity contribution >= 4 is 15.7 Å². The Bertz CT molecular complexity index is 1570. The van der Waals surface area contributed by atoms with E-state index < -0.39 is 14.9 Å². The molecule has 0 spiro atoms. The molecule has 4 aromatic rings. The molecule has 0 radical (unpaired) electrons. The van der Waals surface area contributed by atoms with E-state index in [0.29, 0.717) is 22.7 Å². The number of aromatic nitrogens is 4. The minimum Gasteiger partial charge on any atom is -0.486 e. The Morgan fingerprint density at radius 1 is 1.18 bits per heavy atom. The summed E-state index contributed by atoms with van der Waals surface area (Å²) in [6, 6.07) is 10.9. The van der Waals surface area contributed by atoms with Gasteiger partial charge in [0.25, 0.3) is 5.69 Å². The lowest BCUT2D eigenvalue weighted by atomic mass is 10.0. The van der Waals surface area contributed by atoms with Crippen LogP contribution < -0.4 is 9.46 Å². The lowest BCUT2D eigenvalue weighted by Gasteiger charge is -2.16. The van der Waals surface area contributed by atoms with Crippen molar-refractivity contribution in [3.63, 3.8) is 0 Å². The quantitative estimate of drug-likeness (QED) is 0.243. The Hall–Kier alpha value is -4.10. The highest BCUT2D eigenvalue weighted by Crippen LogP contribution is 2.34. The summed E-state index contributed by atoms with van der Waals surface area (Å²) in [4.78, 5) is 10.9. The molecule has 0 bridgehead atoms. The third-order valence-corrected chi connectivity index (χ3v) is 8.02. The van der Waals surface area contributed by atoms with Gasteiger partial charge in [0.1, 0.15) is 34.4 Å². The number of ether oxygens (including phenoxy) is 1. The lowest BCUT2D eigenvalue weighted by Crippen LogP contribution is -2.33. The zero-order valence-electron chi connectivity index (χ0n) is 20.8. The molecule has 1 N–H and O–H groups in total. The molecule has 1 saturated carbocycles. The summed E-state index contributed by atoms with van der Waals surface area (Å²) in [6.07, 6.45) is 5.03. The maximum Gasteiger partial charge on any atom is 0.294 e. The lowest BCUT2D eigenvalue weighted by molar-refractivity contribution is -0.384.